The summed E-state index contributed by atoms with van der Waals surface area (Å²) in [6.07, 6.45) is 6.72. The number of benzene rings is 2. The van der Waals surface area contributed by atoms with Crippen molar-refractivity contribution in [3.63, 3.8) is 0 Å². The maximum atomic E-state index is 14.5. The first-order valence-electron chi connectivity index (χ1n) is 16.3. The molecule has 12 heteroatoms. The number of carbonyl (C=O) groups excluding carboxylic acids is 3. The van der Waals surface area contributed by atoms with Crippen molar-refractivity contribution in [2.75, 3.05) is 39.6 Å². The molecule has 3 aliphatic rings. The zero-order chi connectivity index (χ0) is 34.5. The van der Waals surface area contributed by atoms with E-state index in [1.807, 2.05) is 6.07 Å². The van der Waals surface area contributed by atoms with Gasteiger partial charge in [-0.15, -0.1) is 0 Å². The van der Waals surface area contributed by atoms with Crippen LogP contribution in [0.4, 0.5) is 4.39 Å². The first-order valence-corrected chi connectivity index (χ1v) is 16.3. The highest BCUT2D eigenvalue weighted by atomic mass is 19.1. The number of nitrogens with zero attached hydrogens (tertiary/aromatic N) is 1. The van der Waals surface area contributed by atoms with E-state index in [0.717, 1.165) is 24.0 Å². The molecule has 1 aliphatic heterocycles. The number of rotatable bonds is 13. The highest BCUT2D eigenvalue weighted by molar-refractivity contribution is 5.94. The van der Waals surface area contributed by atoms with Gasteiger partial charge in [-0.3, -0.25) is 9.59 Å². The number of halogens is 1. The van der Waals surface area contributed by atoms with Gasteiger partial charge in [-0.2, -0.15) is 5.10 Å². The van der Waals surface area contributed by atoms with Crippen molar-refractivity contribution in [3.05, 3.63) is 111 Å². The van der Waals surface area contributed by atoms with Crippen LogP contribution in [-0.4, -0.2) is 73.7 Å². The van der Waals surface area contributed by atoms with Gasteiger partial charge >= 0.3 is 11.9 Å². The Morgan fingerprint density at radius 2 is 1.92 bits per heavy atom. The molecule has 3 aromatic rings. The molecular weight excluding hydrogens is 633 g/mol. The van der Waals surface area contributed by atoms with Crippen LogP contribution >= 0.6 is 0 Å². The summed E-state index contributed by atoms with van der Waals surface area (Å²) < 4.78 is 36.4. The second-order valence-corrected chi connectivity index (χ2v) is 12.7. The number of aromatic nitrogens is 2. The number of carbonyl (C=O) groups is 3. The zero-order valence-corrected chi connectivity index (χ0v) is 27.2. The Labute approximate surface area is 282 Å². The van der Waals surface area contributed by atoms with Gasteiger partial charge in [0.05, 0.1) is 36.5 Å². The van der Waals surface area contributed by atoms with Crippen LogP contribution in [0.1, 0.15) is 47.8 Å². The first-order chi connectivity index (χ1) is 23.6. The summed E-state index contributed by atoms with van der Waals surface area (Å²) in [5.74, 6) is -2.26. The lowest BCUT2D eigenvalue weighted by Crippen LogP contribution is -2.36. The topological polar surface area (TPSA) is 146 Å². The lowest BCUT2D eigenvalue weighted by Gasteiger charge is -2.42. The molecule has 2 unspecified atom stereocenters. The summed E-state index contributed by atoms with van der Waals surface area (Å²) in [6, 6.07) is 11.3. The number of hydrogen-bond donors (Lipinski definition) is 2. The van der Waals surface area contributed by atoms with Crippen molar-refractivity contribution < 1.29 is 37.7 Å². The van der Waals surface area contributed by atoms with Crippen molar-refractivity contribution in [1.29, 1.82) is 0 Å². The third kappa shape index (κ3) is 7.55. The number of amides is 1. The summed E-state index contributed by atoms with van der Waals surface area (Å²) in [6.45, 7) is 6.53. The van der Waals surface area contributed by atoms with Crippen molar-refractivity contribution >= 4 is 28.6 Å². The van der Waals surface area contributed by atoms with Gasteiger partial charge in [0, 0.05) is 29.8 Å². The minimum absolute atomic E-state index is 0.112. The molecule has 0 radical (unpaired) electrons. The van der Waals surface area contributed by atoms with Crippen LogP contribution in [0.3, 0.4) is 0 Å². The number of esters is 2. The molecule has 6 rings (SSSR count). The molecule has 2 heterocycles. The van der Waals surface area contributed by atoms with Crippen LogP contribution in [0.2, 0.25) is 0 Å². The molecule has 1 saturated heterocycles. The second kappa shape index (κ2) is 14.7. The van der Waals surface area contributed by atoms with E-state index >= 15 is 0 Å². The summed E-state index contributed by atoms with van der Waals surface area (Å²) in [4.78, 5) is 49.2. The highest BCUT2D eigenvalue weighted by Gasteiger charge is 2.48. The van der Waals surface area contributed by atoms with E-state index in [1.165, 1.54) is 12.1 Å². The molecule has 1 aromatic heterocycles. The van der Waals surface area contributed by atoms with E-state index in [-0.39, 0.29) is 74.1 Å². The largest absolute Gasteiger partial charge is 0.459 e. The lowest BCUT2D eigenvalue weighted by molar-refractivity contribution is -0.148. The summed E-state index contributed by atoms with van der Waals surface area (Å²) in [5.41, 5.74) is 3.18. The van der Waals surface area contributed by atoms with E-state index in [1.54, 1.807) is 24.3 Å². The Hall–Kier alpha value is -4.94. The van der Waals surface area contributed by atoms with Crippen molar-refractivity contribution in [3.8, 4) is 0 Å². The average molecular weight is 672 g/mol. The molecule has 0 saturated carbocycles. The van der Waals surface area contributed by atoms with Gasteiger partial charge in [0.2, 0.25) is 0 Å². The Balaban J connectivity index is 0.889. The monoisotopic (exact) mass is 671 g/mol. The van der Waals surface area contributed by atoms with E-state index in [4.69, 9.17) is 18.9 Å². The molecule has 0 bridgehead atoms. The molecule has 256 valence electrons. The van der Waals surface area contributed by atoms with E-state index in [0.29, 0.717) is 40.4 Å². The summed E-state index contributed by atoms with van der Waals surface area (Å²) in [7, 11) is 0. The van der Waals surface area contributed by atoms with Crippen LogP contribution < -0.4 is 10.9 Å². The summed E-state index contributed by atoms with van der Waals surface area (Å²) in [5, 5.41) is 10.5. The van der Waals surface area contributed by atoms with Gasteiger partial charge < -0.3 is 24.3 Å². The quantitative estimate of drug-likeness (QED) is 0.156. The number of hydrogen-bond acceptors (Lipinski definition) is 9. The highest BCUT2D eigenvalue weighted by Crippen LogP contribution is 2.52. The molecule has 1 fully saturated rings. The Kier molecular flexibility index (Phi) is 10.2. The molecule has 3 atom stereocenters. The van der Waals surface area contributed by atoms with Gasteiger partial charge in [-0.1, -0.05) is 49.9 Å². The molecular formula is C37H38FN3O8. The van der Waals surface area contributed by atoms with Crippen LogP contribution in [0.25, 0.3) is 10.8 Å². The first kappa shape index (κ1) is 33.9. The second-order valence-electron chi connectivity index (χ2n) is 12.7. The zero-order valence-electron chi connectivity index (χ0n) is 27.2. The predicted molar refractivity (Wildman–Crippen MR) is 177 cm³/mol. The fraction of sp³-hybridized carbons (Fsp3) is 0.378. The number of nitrogens with one attached hydrogen (secondary N) is 2. The third-order valence-corrected chi connectivity index (χ3v) is 9.34. The van der Waals surface area contributed by atoms with Gasteiger partial charge in [-0.25, -0.2) is 19.1 Å². The Bertz CT molecular complexity index is 1920. The van der Waals surface area contributed by atoms with Crippen molar-refractivity contribution in [2.24, 2.45) is 11.3 Å². The minimum Gasteiger partial charge on any atom is -0.459 e. The van der Waals surface area contributed by atoms with Crippen LogP contribution in [0.15, 0.2) is 82.7 Å². The van der Waals surface area contributed by atoms with Gasteiger partial charge in [0.15, 0.2) is 0 Å². The molecule has 49 heavy (non-hydrogen) atoms. The molecule has 11 nitrogen and oxygen atoms in total. The van der Waals surface area contributed by atoms with E-state index < -0.39 is 17.7 Å². The number of ether oxygens (including phenoxy) is 4. The predicted octanol–water partition coefficient (Wildman–Crippen LogP) is 4.11. The molecule has 2 aromatic carbocycles. The van der Waals surface area contributed by atoms with Crippen molar-refractivity contribution in [2.45, 2.75) is 38.7 Å². The Morgan fingerprint density at radius 3 is 2.76 bits per heavy atom. The fourth-order valence-corrected chi connectivity index (χ4v) is 6.76. The molecule has 2 aliphatic carbocycles. The van der Waals surface area contributed by atoms with E-state index in [9.17, 15) is 23.6 Å². The molecule has 1 amide bonds. The lowest BCUT2D eigenvalue weighted by atomic mass is 9.63. The van der Waals surface area contributed by atoms with Crippen LogP contribution in [0, 0.1) is 17.2 Å². The third-order valence-electron chi connectivity index (χ3n) is 9.34. The Morgan fingerprint density at radius 1 is 1.12 bits per heavy atom. The molecule has 0 spiro atoms. The smallest absolute Gasteiger partial charge is 0.334 e. The number of allylic oxidation sites excluding steroid dienone is 1. The van der Waals surface area contributed by atoms with Gasteiger partial charge in [0.25, 0.3) is 11.5 Å². The summed E-state index contributed by atoms with van der Waals surface area (Å²) >= 11 is 0. The van der Waals surface area contributed by atoms with Crippen LogP contribution in [0.5, 0.6) is 0 Å². The van der Waals surface area contributed by atoms with Gasteiger partial charge in [0.1, 0.15) is 25.1 Å². The maximum Gasteiger partial charge on any atom is 0.334 e. The normalized spacial score (nSPS) is 21.3. The SMILES string of the molecule is C=C1C(=O)OC2C[C@@]3(C)CCC=C(COC(=O)COCCOCCNC(=O)c4cc(Cc5n[nH]c(=O)c6ccccc56)ccc4F)C3=CC12. The van der Waals surface area contributed by atoms with E-state index in [2.05, 4.69) is 41.2 Å². The number of aromatic amines is 1. The minimum atomic E-state index is -0.662. The number of fused-ring (bicyclic) bond motifs is 3. The van der Waals surface area contributed by atoms with Crippen LogP contribution in [-0.2, 0) is 35.0 Å². The van der Waals surface area contributed by atoms with Crippen molar-refractivity contribution in [1.82, 2.24) is 15.5 Å². The average Bonchev–Trinajstić information content (AvgIpc) is 3.36. The number of H-pyrrole nitrogens is 1. The van der Waals surface area contributed by atoms with Gasteiger partial charge in [-0.05, 0) is 59.6 Å². The standard InChI is InChI=1S/C37H38FN3O8/c1-22-27-18-29-24(6-5-11-37(29,2)19-32(27)49-36(22)45)20-48-33(42)21-47-15-14-46-13-12-39-34(43)28-16-23(9-10-30(28)38)17-31-25-7-3-4-8-26(25)35(44)41-40-31/h3-4,6-10,16,18,27,32H,1,5,11-15,17,19-21H2,2H3,(H,39,43)(H,41,44)/t27?,32?,37-/m1/s1. The fourth-order valence-electron chi connectivity index (χ4n) is 6.76. The molecule has 2 N–H and O–H groups in total. The maximum absolute atomic E-state index is 14.5.